The van der Waals surface area contributed by atoms with E-state index in [0.717, 1.165) is 10.0 Å². The van der Waals surface area contributed by atoms with Gasteiger partial charge in [-0.15, -0.1) is 0 Å². The van der Waals surface area contributed by atoms with Crippen LogP contribution in [0.15, 0.2) is 33.9 Å². The number of esters is 1. The summed E-state index contributed by atoms with van der Waals surface area (Å²) in [6.07, 6.45) is 0. The number of likely N-dealkylation sites (N-methyl/N-ethyl adjacent to an activating group) is 1. The lowest BCUT2D eigenvalue weighted by molar-refractivity contribution is -0.139. The average Bonchev–Trinajstić information content (AvgIpc) is 2.56. The number of hydrogen-bond donors (Lipinski definition) is 0. The van der Waals surface area contributed by atoms with E-state index in [-0.39, 0.29) is 12.6 Å². The molecule has 130 valence electrons. The molecule has 2 amide bonds. The highest BCUT2D eigenvalue weighted by Crippen LogP contribution is 2.41. The maximum absolute atomic E-state index is 12.6. The molecule has 2 rings (SSSR count). The minimum atomic E-state index is -0.583. The van der Waals surface area contributed by atoms with Gasteiger partial charge in [0.1, 0.15) is 5.75 Å². The van der Waals surface area contributed by atoms with Gasteiger partial charge in [-0.3, -0.25) is 0 Å². The third-order valence-electron chi connectivity index (χ3n) is 4.12. The van der Waals surface area contributed by atoms with E-state index in [9.17, 15) is 9.59 Å². The zero-order chi connectivity index (χ0) is 18.0. The molecule has 24 heavy (non-hydrogen) atoms. The van der Waals surface area contributed by atoms with E-state index in [1.165, 1.54) is 9.80 Å². The quantitative estimate of drug-likeness (QED) is 0.732. The number of rotatable bonds is 4. The predicted octanol–water partition coefficient (Wildman–Crippen LogP) is 3.33. The summed E-state index contributed by atoms with van der Waals surface area (Å²) in [5.74, 6) is 0.162. The van der Waals surface area contributed by atoms with Crippen molar-refractivity contribution in [2.75, 3.05) is 27.8 Å². The number of amides is 2. The summed E-state index contributed by atoms with van der Waals surface area (Å²) >= 11 is 3.44. The minimum absolute atomic E-state index is 0.201. The fourth-order valence-corrected chi connectivity index (χ4v) is 3.19. The number of carbonyl (C=O) groups excluding carboxylic acids is 2. The first-order valence-corrected chi connectivity index (χ1v) is 8.34. The van der Waals surface area contributed by atoms with Crippen LogP contribution in [0.5, 0.6) is 5.75 Å². The molecule has 0 saturated carbocycles. The molecule has 1 heterocycles. The van der Waals surface area contributed by atoms with Gasteiger partial charge < -0.3 is 19.3 Å². The smallest absolute Gasteiger partial charge is 0.338 e. The molecule has 1 unspecified atom stereocenters. The fraction of sp³-hybridized carbons (Fsp3) is 0.412. The van der Waals surface area contributed by atoms with E-state index in [0.29, 0.717) is 17.0 Å². The molecule has 7 heteroatoms. The summed E-state index contributed by atoms with van der Waals surface area (Å²) in [6.45, 7) is 3.76. The minimum Gasteiger partial charge on any atom is -0.496 e. The molecule has 1 atom stereocenters. The molecule has 1 aliphatic rings. The molecule has 0 aliphatic carbocycles. The Bertz CT molecular complexity index is 702. The van der Waals surface area contributed by atoms with Crippen LogP contribution in [-0.2, 0) is 9.53 Å². The topological polar surface area (TPSA) is 59.1 Å². The number of allylic oxidation sites excluding steroid dienone is 1. The Kier molecular flexibility index (Phi) is 5.54. The van der Waals surface area contributed by atoms with Crippen LogP contribution >= 0.6 is 15.9 Å². The summed E-state index contributed by atoms with van der Waals surface area (Å²) in [7, 11) is 4.86. The van der Waals surface area contributed by atoms with Crippen molar-refractivity contribution in [3.63, 3.8) is 0 Å². The second-order valence-electron chi connectivity index (χ2n) is 5.46. The number of carbonyl (C=O) groups is 2. The van der Waals surface area contributed by atoms with Crippen molar-refractivity contribution in [1.29, 1.82) is 0 Å². The number of hydrogen-bond acceptors (Lipinski definition) is 4. The molecule has 0 saturated heterocycles. The van der Waals surface area contributed by atoms with Crippen molar-refractivity contribution < 1.29 is 19.1 Å². The molecule has 0 fully saturated rings. The lowest BCUT2D eigenvalue weighted by Gasteiger charge is -2.39. The summed E-state index contributed by atoms with van der Waals surface area (Å²) in [4.78, 5) is 28.1. The Morgan fingerprint density at radius 1 is 1.33 bits per heavy atom. The largest absolute Gasteiger partial charge is 0.496 e. The third kappa shape index (κ3) is 3.13. The predicted molar refractivity (Wildman–Crippen MR) is 93.7 cm³/mol. The van der Waals surface area contributed by atoms with Crippen LogP contribution in [0.1, 0.15) is 25.5 Å². The molecule has 0 radical (unpaired) electrons. The van der Waals surface area contributed by atoms with Crippen LogP contribution in [0, 0.1) is 0 Å². The highest BCUT2D eigenvalue weighted by atomic mass is 79.9. The lowest BCUT2D eigenvalue weighted by Crippen LogP contribution is -2.47. The molecular formula is C17H21BrN2O4. The van der Waals surface area contributed by atoms with Crippen LogP contribution in [-0.4, -0.2) is 49.6 Å². The number of halogens is 1. The number of nitrogens with zero attached hydrogens (tertiary/aromatic N) is 2. The zero-order valence-electron chi connectivity index (χ0n) is 14.4. The Morgan fingerprint density at radius 3 is 2.58 bits per heavy atom. The highest BCUT2D eigenvalue weighted by Gasteiger charge is 2.40. The summed E-state index contributed by atoms with van der Waals surface area (Å²) in [6, 6.07) is 4.71. The maximum Gasteiger partial charge on any atom is 0.338 e. The standard InChI is InChI=1S/C17H21BrN2O4/c1-6-24-16(21)14-10(2)19(3)17(22)20(4)15(14)12-9-11(18)7-8-13(12)23-5/h7-9,15H,6H2,1-5H3. The van der Waals surface area contributed by atoms with Gasteiger partial charge in [-0.1, -0.05) is 15.9 Å². The molecule has 0 spiro atoms. The Labute approximate surface area is 150 Å². The van der Waals surface area contributed by atoms with Gasteiger partial charge in [0.05, 0.1) is 25.3 Å². The summed E-state index contributed by atoms with van der Waals surface area (Å²) in [5, 5.41) is 0. The molecule has 1 aliphatic heterocycles. The van der Waals surface area contributed by atoms with Crippen molar-refractivity contribution in [2.45, 2.75) is 19.9 Å². The summed E-state index contributed by atoms with van der Waals surface area (Å²) < 4.78 is 11.5. The van der Waals surface area contributed by atoms with E-state index in [4.69, 9.17) is 9.47 Å². The number of urea groups is 1. The van der Waals surface area contributed by atoms with Crippen LogP contribution in [0.25, 0.3) is 0 Å². The Balaban J connectivity index is 2.69. The fourth-order valence-electron chi connectivity index (χ4n) is 2.81. The molecule has 0 bridgehead atoms. The van der Waals surface area contributed by atoms with Crippen LogP contribution in [0.3, 0.4) is 0 Å². The van der Waals surface area contributed by atoms with E-state index in [1.54, 1.807) is 41.1 Å². The van der Waals surface area contributed by atoms with Crippen molar-refractivity contribution in [2.24, 2.45) is 0 Å². The summed E-state index contributed by atoms with van der Waals surface area (Å²) in [5.41, 5.74) is 1.72. The van der Waals surface area contributed by atoms with E-state index in [2.05, 4.69) is 15.9 Å². The second-order valence-corrected chi connectivity index (χ2v) is 6.38. The van der Waals surface area contributed by atoms with Crippen molar-refractivity contribution in [1.82, 2.24) is 9.80 Å². The third-order valence-corrected chi connectivity index (χ3v) is 4.62. The van der Waals surface area contributed by atoms with Crippen molar-refractivity contribution in [3.8, 4) is 5.75 Å². The van der Waals surface area contributed by atoms with Gasteiger partial charge >= 0.3 is 12.0 Å². The van der Waals surface area contributed by atoms with Gasteiger partial charge in [-0.05, 0) is 32.0 Å². The number of ether oxygens (including phenoxy) is 2. The lowest BCUT2D eigenvalue weighted by atomic mass is 9.93. The van der Waals surface area contributed by atoms with Gasteiger partial charge in [0, 0.05) is 29.8 Å². The molecule has 0 aromatic heterocycles. The molecule has 6 nitrogen and oxygen atoms in total. The first-order chi connectivity index (χ1) is 11.3. The Morgan fingerprint density at radius 2 is 2.00 bits per heavy atom. The monoisotopic (exact) mass is 396 g/mol. The normalized spacial score (nSPS) is 18.1. The number of methoxy groups -OCH3 is 1. The van der Waals surface area contributed by atoms with E-state index >= 15 is 0 Å². The zero-order valence-corrected chi connectivity index (χ0v) is 16.0. The average molecular weight is 397 g/mol. The molecular weight excluding hydrogens is 376 g/mol. The number of benzene rings is 1. The van der Waals surface area contributed by atoms with Gasteiger partial charge in [-0.2, -0.15) is 0 Å². The molecule has 0 N–H and O–H groups in total. The van der Waals surface area contributed by atoms with Gasteiger partial charge in [0.25, 0.3) is 0 Å². The molecule has 1 aromatic carbocycles. The first kappa shape index (κ1) is 18.3. The maximum atomic E-state index is 12.6. The van der Waals surface area contributed by atoms with E-state index in [1.807, 2.05) is 12.1 Å². The van der Waals surface area contributed by atoms with Crippen LogP contribution in [0.4, 0.5) is 4.79 Å². The van der Waals surface area contributed by atoms with Crippen LogP contribution in [0.2, 0.25) is 0 Å². The van der Waals surface area contributed by atoms with Gasteiger partial charge in [-0.25, -0.2) is 9.59 Å². The Hall–Kier alpha value is -2.02. The van der Waals surface area contributed by atoms with Gasteiger partial charge in [0.15, 0.2) is 0 Å². The van der Waals surface area contributed by atoms with Crippen LogP contribution < -0.4 is 4.74 Å². The van der Waals surface area contributed by atoms with Gasteiger partial charge in [0.2, 0.25) is 0 Å². The van der Waals surface area contributed by atoms with E-state index < -0.39 is 12.0 Å². The SMILES string of the molecule is CCOC(=O)C1=C(C)N(C)C(=O)N(C)C1c1cc(Br)ccc1OC. The first-order valence-electron chi connectivity index (χ1n) is 7.55. The van der Waals surface area contributed by atoms with Crippen molar-refractivity contribution >= 4 is 27.9 Å². The second kappa shape index (κ2) is 7.25. The molecule has 1 aromatic rings. The van der Waals surface area contributed by atoms with Crippen molar-refractivity contribution in [3.05, 3.63) is 39.5 Å². The highest BCUT2D eigenvalue weighted by molar-refractivity contribution is 9.10.